The summed E-state index contributed by atoms with van der Waals surface area (Å²) in [5, 5.41) is 0. The van der Waals surface area contributed by atoms with Gasteiger partial charge in [-0.25, -0.2) is 4.79 Å². The van der Waals surface area contributed by atoms with Crippen LogP contribution in [0.15, 0.2) is 19.9 Å². The highest BCUT2D eigenvalue weighted by molar-refractivity contribution is 14.1. The molecule has 1 N–H and O–H groups in total. The molecule has 1 aliphatic rings. The lowest BCUT2D eigenvalue weighted by Crippen LogP contribution is -2.34. The maximum Gasteiger partial charge on any atom is 0.330 e. The predicted octanol–water partition coefficient (Wildman–Crippen LogP) is 1.49. The zero-order valence-corrected chi connectivity index (χ0v) is 18.2. The Morgan fingerprint density at radius 3 is 2.65 bits per heavy atom. The first-order valence-electron chi connectivity index (χ1n) is 7.50. The van der Waals surface area contributed by atoms with Crippen molar-refractivity contribution >= 4 is 60.7 Å². The Hall–Kier alpha value is -1.22. The van der Waals surface area contributed by atoms with Gasteiger partial charge in [-0.1, -0.05) is 22.6 Å². The zero-order chi connectivity index (χ0) is 19.4. The highest BCUT2D eigenvalue weighted by Gasteiger charge is 2.39. The highest BCUT2D eigenvalue weighted by Crippen LogP contribution is 2.31. The lowest BCUT2D eigenvalue weighted by molar-refractivity contribution is -0.155. The van der Waals surface area contributed by atoms with Crippen LogP contribution in [0.3, 0.4) is 0 Å². The molecule has 0 aliphatic carbocycles. The summed E-state index contributed by atoms with van der Waals surface area (Å²) in [6, 6.07) is 0. The summed E-state index contributed by atoms with van der Waals surface area (Å²) >= 11 is 3.98. The van der Waals surface area contributed by atoms with Crippen LogP contribution in [0.1, 0.15) is 32.1 Å². The lowest BCUT2D eigenvalue weighted by atomic mass is 10.2. The molecule has 0 aromatic carbocycles. The van der Waals surface area contributed by atoms with Crippen LogP contribution in [-0.2, 0) is 23.8 Å². The van der Waals surface area contributed by atoms with E-state index in [0.29, 0.717) is 9.14 Å². The maximum absolute atomic E-state index is 12.2. The van der Waals surface area contributed by atoms with E-state index in [1.807, 2.05) is 45.2 Å². The van der Waals surface area contributed by atoms with Crippen LogP contribution in [0.4, 0.5) is 0 Å². The van der Waals surface area contributed by atoms with Gasteiger partial charge >= 0.3 is 17.6 Å². The minimum atomic E-state index is -0.776. The molecule has 2 rings (SSSR count). The molecule has 0 bridgehead atoms. The molecule has 1 fully saturated rings. The van der Waals surface area contributed by atoms with Crippen molar-refractivity contribution in [1.29, 1.82) is 0 Å². The van der Waals surface area contributed by atoms with Crippen molar-refractivity contribution in [3.05, 3.63) is 36.7 Å². The quantitative estimate of drug-likeness (QED) is 0.408. The van der Waals surface area contributed by atoms with Crippen molar-refractivity contribution < 1.29 is 23.8 Å². The van der Waals surface area contributed by atoms with E-state index in [-0.39, 0.29) is 13.0 Å². The number of hydrogen-bond donors (Lipinski definition) is 1. The molecule has 1 saturated heterocycles. The Labute approximate surface area is 175 Å². The summed E-state index contributed by atoms with van der Waals surface area (Å²) in [6.45, 7) is 2.40. The van der Waals surface area contributed by atoms with E-state index in [1.165, 1.54) is 24.6 Å². The number of aromatic nitrogens is 2. The van der Waals surface area contributed by atoms with Crippen molar-refractivity contribution in [2.75, 3.05) is 6.61 Å². The summed E-state index contributed by atoms with van der Waals surface area (Å²) < 4.78 is 19.5. The number of carbonyl (C=O) groups excluding carboxylic acids is 2. The number of hydrogen-bond acceptors (Lipinski definition) is 7. The number of carbonyl (C=O) groups is 2. The first-order chi connectivity index (χ1) is 12.2. The van der Waals surface area contributed by atoms with Crippen molar-refractivity contribution in [3.8, 4) is 0 Å². The standard InChI is InChI=1S/C15H16I2N2O7/c1-7(20)24-6-12-11(25-8(2)21)3-13(26-12)19-5-9(10(17)4-16)14(22)18-15(19)23/h4-5,11-13H,3,6H2,1-2H3,(H,18,22,23)/b10-4+/t11-,12+,13+/m0/s1. The summed E-state index contributed by atoms with van der Waals surface area (Å²) in [7, 11) is 0. The molecule has 1 aliphatic heterocycles. The molecule has 0 spiro atoms. The van der Waals surface area contributed by atoms with E-state index >= 15 is 0 Å². The molecule has 0 saturated carbocycles. The van der Waals surface area contributed by atoms with Crippen LogP contribution in [0, 0.1) is 0 Å². The molecular formula is C15H16I2N2O7. The maximum atomic E-state index is 12.2. The van der Waals surface area contributed by atoms with E-state index in [4.69, 9.17) is 14.2 Å². The van der Waals surface area contributed by atoms with Gasteiger partial charge in [0.15, 0.2) is 0 Å². The van der Waals surface area contributed by atoms with E-state index in [1.54, 1.807) is 4.08 Å². The van der Waals surface area contributed by atoms with Gasteiger partial charge in [-0.05, 0) is 26.7 Å². The van der Waals surface area contributed by atoms with Crippen LogP contribution in [-0.4, -0.2) is 40.3 Å². The number of nitrogens with zero attached hydrogens (tertiary/aromatic N) is 1. The summed E-state index contributed by atoms with van der Waals surface area (Å²) in [5.41, 5.74) is -0.832. The highest BCUT2D eigenvalue weighted by atomic mass is 127. The van der Waals surface area contributed by atoms with Crippen LogP contribution >= 0.6 is 45.2 Å². The van der Waals surface area contributed by atoms with E-state index < -0.39 is 41.6 Å². The Morgan fingerprint density at radius 2 is 2.08 bits per heavy atom. The number of halogens is 2. The third-order valence-electron chi connectivity index (χ3n) is 3.58. The first kappa shape index (κ1) is 21.1. The van der Waals surface area contributed by atoms with Crippen molar-refractivity contribution in [1.82, 2.24) is 9.55 Å². The van der Waals surface area contributed by atoms with Gasteiger partial charge in [0.25, 0.3) is 5.56 Å². The van der Waals surface area contributed by atoms with Gasteiger partial charge in [-0.15, -0.1) is 0 Å². The fraction of sp³-hybridized carbons (Fsp3) is 0.467. The third kappa shape index (κ3) is 5.16. The average molecular weight is 590 g/mol. The number of H-pyrrole nitrogens is 1. The number of ether oxygens (including phenoxy) is 3. The van der Waals surface area contributed by atoms with Gasteiger partial charge in [0.2, 0.25) is 0 Å². The minimum absolute atomic E-state index is 0.111. The minimum Gasteiger partial charge on any atom is -0.463 e. The number of aromatic amines is 1. The molecule has 0 radical (unpaired) electrons. The molecule has 2 heterocycles. The third-order valence-corrected chi connectivity index (χ3v) is 6.29. The first-order valence-corrected chi connectivity index (χ1v) is 9.83. The van der Waals surface area contributed by atoms with Crippen molar-refractivity contribution in [2.24, 2.45) is 0 Å². The van der Waals surface area contributed by atoms with Gasteiger partial charge in [-0.2, -0.15) is 0 Å². The molecule has 3 atom stereocenters. The van der Waals surface area contributed by atoms with E-state index in [2.05, 4.69) is 4.98 Å². The molecule has 0 unspecified atom stereocenters. The SMILES string of the molecule is CC(=O)OC[C@H]1O[C@@H](n2cc(/C(I)=C\I)c(=O)[nH]c2=O)C[C@@H]1OC(C)=O. The fourth-order valence-electron chi connectivity index (χ4n) is 2.49. The Balaban J connectivity index is 2.33. The normalized spacial score (nSPS) is 22.9. The number of nitrogens with one attached hydrogen (secondary N) is 1. The summed E-state index contributed by atoms with van der Waals surface area (Å²) in [4.78, 5) is 48.8. The largest absolute Gasteiger partial charge is 0.463 e. The molecule has 0 amide bonds. The molecule has 26 heavy (non-hydrogen) atoms. The molecule has 9 nitrogen and oxygen atoms in total. The molecule has 1 aromatic rings. The zero-order valence-electron chi connectivity index (χ0n) is 13.9. The molecule has 11 heteroatoms. The second kappa shape index (κ2) is 9.12. The van der Waals surface area contributed by atoms with Gasteiger partial charge < -0.3 is 14.2 Å². The Kier molecular flexibility index (Phi) is 7.40. The lowest BCUT2D eigenvalue weighted by Gasteiger charge is -2.17. The Bertz CT molecular complexity index is 845. The second-order valence-corrected chi connectivity index (χ2v) is 7.27. The molecule has 1 aromatic heterocycles. The van der Waals surface area contributed by atoms with Gasteiger partial charge in [-0.3, -0.25) is 23.9 Å². The van der Waals surface area contributed by atoms with Gasteiger partial charge in [0.05, 0.1) is 5.56 Å². The predicted molar refractivity (Wildman–Crippen MR) is 108 cm³/mol. The van der Waals surface area contributed by atoms with Crippen LogP contribution in [0.5, 0.6) is 0 Å². The second-order valence-electron chi connectivity index (χ2n) is 5.48. The average Bonchev–Trinajstić information content (AvgIpc) is 2.94. The smallest absolute Gasteiger partial charge is 0.330 e. The van der Waals surface area contributed by atoms with Crippen LogP contribution in [0.2, 0.25) is 0 Å². The van der Waals surface area contributed by atoms with Gasteiger partial charge in [0, 0.05) is 30.0 Å². The topological polar surface area (TPSA) is 117 Å². The number of esters is 2. The monoisotopic (exact) mass is 590 g/mol. The summed E-state index contributed by atoms with van der Waals surface area (Å²) in [6.07, 6.45) is -0.586. The van der Waals surface area contributed by atoms with Crippen molar-refractivity contribution in [2.45, 2.75) is 38.7 Å². The molecular weight excluding hydrogens is 574 g/mol. The van der Waals surface area contributed by atoms with Crippen LogP contribution in [0.25, 0.3) is 3.58 Å². The van der Waals surface area contributed by atoms with E-state index in [0.717, 1.165) is 0 Å². The van der Waals surface area contributed by atoms with Crippen molar-refractivity contribution in [3.63, 3.8) is 0 Å². The fourth-order valence-corrected chi connectivity index (χ4v) is 3.21. The van der Waals surface area contributed by atoms with Gasteiger partial charge in [0.1, 0.15) is 25.0 Å². The number of rotatable bonds is 5. The van der Waals surface area contributed by atoms with Crippen LogP contribution < -0.4 is 11.2 Å². The Morgan fingerprint density at radius 1 is 1.38 bits per heavy atom. The molecule has 142 valence electrons. The van der Waals surface area contributed by atoms with E-state index in [9.17, 15) is 19.2 Å². The summed E-state index contributed by atoms with van der Waals surface area (Å²) in [5.74, 6) is -1.01.